The van der Waals surface area contributed by atoms with E-state index in [9.17, 15) is 14.4 Å². The van der Waals surface area contributed by atoms with Gasteiger partial charge in [0.05, 0.1) is 18.2 Å². The molecule has 2 heterocycles. The molecule has 1 aliphatic rings. The number of hydrogen-bond donors (Lipinski definition) is 1. The van der Waals surface area contributed by atoms with Gasteiger partial charge in [-0.15, -0.1) is 0 Å². The number of benzene rings is 2. The molecule has 142 valence electrons. The fraction of sp³-hybridized carbons (Fsp3) is 0.190. The maximum absolute atomic E-state index is 13.0. The molecule has 1 aliphatic heterocycles. The van der Waals surface area contributed by atoms with Gasteiger partial charge in [-0.2, -0.15) is 0 Å². The zero-order valence-corrected chi connectivity index (χ0v) is 16.9. The van der Waals surface area contributed by atoms with Gasteiger partial charge in [-0.3, -0.25) is 9.59 Å². The second-order valence-electron chi connectivity index (χ2n) is 6.82. The minimum atomic E-state index is -0.484. The average molecular weight is 441 g/mol. The highest BCUT2D eigenvalue weighted by Gasteiger charge is 2.25. The van der Waals surface area contributed by atoms with Crippen molar-refractivity contribution in [1.29, 1.82) is 0 Å². The first-order valence-corrected chi connectivity index (χ1v) is 9.55. The van der Waals surface area contributed by atoms with Crippen molar-refractivity contribution >= 4 is 44.4 Å². The number of anilines is 1. The molecule has 1 atom stereocenters. The molecule has 4 rings (SSSR count). The zero-order chi connectivity index (χ0) is 20.0. The van der Waals surface area contributed by atoms with Crippen LogP contribution in [0.3, 0.4) is 0 Å². The first-order valence-electron chi connectivity index (χ1n) is 8.76. The monoisotopic (exact) mass is 440 g/mol. The van der Waals surface area contributed by atoms with E-state index in [4.69, 9.17) is 0 Å². The van der Waals surface area contributed by atoms with Crippen LogP contribution in [-0.2, 0) is 11.2 Å². The Morgan fingerprint density at radius 1 is 1.21 bits per heavy atom. The summed E-state index contributed by atoms with van der Waals surface area (Å²) in [6.07, 6.45) is 2.45. The van der Waals surface area contributed by atoms with Crippen LogP contribution in [0.25, 0.3) is 10.9 Å². The third-order valence-corrected chi connectivity index (χ3v) is 5.43. The standard InChI is InChI=1S/C21H17BrN2O4/c1-11-7-13-8-14(22)9-16-18(13)24(11)10-17(19(16)25)20(26)23-15-5-3-12(4-6-15)21(27)28-2/h3-6,8-11H,7H2,1-2H3,(H,23,26)/t11-/m1/s1. The van der Waals surface area contributed by atoms with Gasteiger partial charge in [-0.05, 0) is 55.3 Å². The van der Waals surface area contributed by atoms with Crippen molar-refractivity contribution in [3.63, 3.8) is 0 Å². The number of ether oxygens (including phenoxy) is 1. The quantitative estimate of drug-likeness (QED) is 0.626. The number of carbonyl (C=O) groups excluding carboxylic acids is 2. The van der Waals surface area contributed by atoms with Gasteiger partial charge in [0.2, 0.25) is 5.43 Å². The summed E-state index contributed by atoms with van der Waals surface area (Å²) in [4.78, 5) is 37.3. The smallest absolute Gasteiger partial charge is 0.337 e. The second kappa shape index (κ2) is 6.91. The van der Waals surface area contributed by atoms with E-state index in [-0.39, 0.29) is 17.0 Å². The Kier molecular flexibility index (Phi) is 4.55. The summed E-state index contributed by atoms with van der Waals surface area (Å²) < 4.78 is 7.48. The number of nitrogens with one attached hydrogen (secondary N) is 1. The molecule has 3 aromatic rings. The van der Waals surface area contributed by atoms with Crippen LogP contribution in [0.2, 0.25) is 0 Å². The average Bonchev–Trinajstić information content (AvgIpc) is 2.99. The Bertz CT molecular complexity index is 1180. The van der Waals surface area contributed by atoms with Crippen molar-refractivity contribution in [3.8, 4) is 0 Å². The molecule has 0 unspecified atom stereocenters. The summed E-state index contributed by atoms with van der Waals surface area (Å²) in [6, 6.07) is 10.2. The van der Waals surface area contributed by atoms with E-state index < -0.39 is 11.9 Å². The summed E-state index contributed by atoms with van der Waals surface area (Å²) in [5, 5.41) is 3.26. The van der Waals surface area contributed by atoms with Crippen LogP contribution < -0.4 is 10.7 Å². The van der Waals surface area contributed by atoms with Crippen LogP contribution in [0.15, 0.2) is 51.9 Å². The molecule has 2 aromatic carbocycles. The van der Waals surface area contributed by atoms with E-state index in [0.29, 0.717) is 16.6 Å². The van der Waals surface area contributed by atoms with E-state index in [1.54, 1.807) is 36.5 Å². The number of amides is 1. The summed E-state index contributed by atoms with van der Waals surface area (Å²) >= 11 is 3.45. The molecule has 0 fully saturated rings. The Balaban J connectivity index is 1.72. The molecule has 0 saturated heterocycles. The maximum Gasteiger partial charge on any atom is 0.337 e. The molecule has 0 radical (unpaired) electrons. The normalized spacial score (nSPS) is 14.9. The van der Waals surface area contributed by atoms with Crippen molar-refractivity contribution in [1.82, 2.24) is 4.57 Å². The number of rotatable bonds is 3. The van der Waals surface area contributed by atoms with E-state index >= 15 is 0 Å². The van der Waals surface area contributed by atoms with Crippen LogP contribution >= 0.6 is 15.9 Å². The van der Waals surface area contributed by atoms with Gasteiger partial charge in [0.15, 0.2) is 0 Å². The molecule has 1 amide bonds. The number of aromatic nitrogens is 1. The molecule has 0 spiro atoms. The number of hydrogen-bond acceptors (Lipinski definition) is 4. The molecule has 0 saturated carbocycles. The second-order valence-corrected chi connectivity index (χ2v) is 7.73. The molecule has 6 nitrogen and oxygen atoms in total. The SMILES string of the molecule is COC(=O)c1ccc(NC(=O)c2cn3c4c(cc(Br)cc4c2=O)C[C@H]3C)cc1. The molecule has 0 bridgehead atoms. The van der Waals surface area contributed by atoms with Gasteiger partial charge in [-0.25, -0.2) is 4.79 Å². The highest BCUT2D eigenvalue weighted by atomic mass is 79.9. The van der Waals surface area contributed by atoms with Crippen molar-refractivity contribution in [2.45, 2.75) is 19.4 Å². The molecule has 0 aliphatic carbocycles. The Labute approximate surface area is 169 Å². The van der Waals surface area contributed by atoms with E-state index in [1.807, 2.05) is 10.6 Å². The minimum absolute atomic E-state index is 0.0855. The van der Waals surface area contributed by atoms with Gasteiger partial charge < -0.3 is 14.6 Å². The maximum atomic E-state index is 13.0. The summed E-state index contributed by atoms with van der Waals surface area (Å²) in [6.45, 7) is 2.06. The molecule has 1 aromatic heterocycles. The summed E-state index contributed by atoms with van der Waals surface area (Å²) in [5.74, 6) is -0.939. The lowest BCUT2D eigenvalue weighted by molar-refractivity contribution is 0.0600. The van der Waals surface area contributed by atoms with Crippen molar-refractivity contribution in [3.05, 3.63) is 74.0 Å². The largest absolute Gasteiger partial charge is 0.465 e. The topological polar surface area (TPSA) is 77.4 Å². The lowest BCUT2D eigenvalue weighted by atomic mass is 10.1. The summed E-state index contributed by atoms with van der Waals surface area (Å²) in [7, 11) is 1.31. The van der Waals surface area contributed by atoms with Crippen LogP contribution in [0.1, 0.15) is 39.2 Å². The highest BCUT2D eigenvalue weighted by molar-refractivity contribution is 9.10. The van der Waals surface area contributed by atoms with Crippen LogP contribution in [0.5, 0.6) is 0 Å². The van der Waals surface area contributed by atoms with E-state index in [0.717, 1.165) is 22.0 Å². The van der Waals surface area contributed by atoms with Gasteiger partial charge in [0.1, 0.15) is 5.56 Å². The fourth-order valence-corrected chi connectivity index (χ4v) is 4.13. The van der Waals surface area contributed by atoms with Gasteiger partial charge in [0, 0.05) is 27.8 Å². The van der Waals surface area contributed by atoms with Crippen LogP contribution in [-0.4, -0.2) is 23.6 Å². The number of halogens is 1. The van der Waals surface area contributed by atoms with Crippen LogP contribution in [0, 0.1) is 0 Å². The Hall–Kier alpha value is -2.93. The molecular weight excluding hydrogens is 424 g/mol. The van der Waals surface area contributed by atoms with E-state index in [1.165, 1.54) is 7.11 Å². The number of pyridine rings is 1. The Morgan fingerprint density at radius 3 is 2.61 bits per heavy atom. The number of carbonyl (C=O) groups is 2. The van der Waals surface area contributed by atoms with Gasteiger partial charge in [-0.1, -0.05) is 15.9 Å². The number of methoxy groups -OCH3 is 1. The Morgan fingerprint density at radius 2 is 1.93 bits per heavy atom. The van der Waals surface area contributed by atoms with Crippen molar-refractivity contribution in [2.75, 3.05) is 12.4 Å². The third-order valence-electron chi connectivity index (χ3n) is 4.97. The molecule has 28 heavy (non-hydrogen) atoms. The first kappa shape index (κ1) is 18.4. The summed E-state index contributed by atoms with van der Waals surface area (Å²) in [5.41, 5.74) is 2.64. The number of esters is 1. The predicted molar refractivity (Wildman–Crippen MR) is 110 cm³/mol. The van der Waals surface area contributed by atoms with Crippen LogP contribution in [0.4, 0.5) is 5.69 Å². The zero-order valence-electron chi connectivity index (χ0n) is 15.3. The minimum Gasteiger partial charge on any atom is -0.465 e. The van der Waals surface area contributed by atoms with E-state index in [2.05, 4.69) is 32.9 Å². The third kappa shape index (κ3) is 3.01. The van der Waals surface area contributed by atoms with Gasteiger partial charge in [0.25, 0.3) is 5.91 Å². The lowest BCUT2D eigenvalue weighted by Crippen LogP contribution is -2.23. The first-order chi connectivity index (χ1) is 13.4. The molecule has 7 heteroatoms. The van der Waals surface area contributed by atoms with Crippen molar-refractivity contribution < 1.29 is 14.3 Å². The fourth-order valence-electron chi connectivity index (χ4n) is 3.63. The van der Waals surface area contributed by atoms with Gasteiger partial charge >= 0.3 is 5.97 Å². The lowest BCUT2D eigenvalue weighted by Gasteiger charge is -2.13. The van der Waals surface area contributed by atoms with Crippen molar-refractivity contribution in [2.24, 2.45) is 0 Å². The predicted octanol–water partition coefficient (Wildman–Crippen LogP) is 3.92. The number of nitrogens with zero attached hydrogens (tertiary/aromatic N) is 1. The highest BCUT2D eigenvalue weighted by Crippen LogP contribution is 2.33. The molecular formula is C21H17BrN2O4. The molecule has 1 N–H and O–H groups in total.